The molecule has 0 N–H and O–H groups in total. The van der Waals surface area contributed by atoms with Crippen LogP contribution in [0, 0.1) is 6.92 Å². The van der Waals surface area contributed by atoms with Gasteiger partial charge in [0.2, 0.25) is 0 Å². The van der Waals surface area contributed by atoms with Crippen molar-refractivity contribution in [1.29, 1.82) is 0 Å². The number of hydrogen-bond acceptors (Lipinski definition) is 4. The van der Waals surface area contributed by atoms with E-state index in [-0.39, 0.29) is 0 Å². The van der Waals surface area contributed by atoms with Crippen LogP contribution in [0.2, 0.25) is 0 Å². The minimum atomic E-state index is 0.972. The summed E-state index contributed by atoms with van der Waals surface area (Å²) in [4.78, 5) is 4.86. The third-order valence-electron chi connectivity index (χ3n) is 4.04. The lowest BCUT2D eigenvalue weighted by Crippen LogP contribution is -2.47. The molecule has 1 saturated heterocycles. The molecule has 2 aromatic rings. The molecule has 4 nitrogen and oxygen atoms in total. The Morgan fingerprint density at radius 2 is 1.67 bits per heavy atom. The molecule has 1 aliphatic heterocycles. The van der Waals surface area contributed by atoms with Crippen molar-refractivity contribution in [2.75, 3.05) is 37.6 Å². The quantitative estimate of drug-likeness (QED) is 0.860. The summed E-state index contributed by atoms with van der Waals surface area (Å²) < 4.78 is 0. The van der Waals surface area contributed by atoms with Crippen molar-refractivity contribution < 1.29 is 0 Å². The van der Waals surface area contributed by atoms with Crippen LogP contribution in [-0.4, -0.2) is 47.8 Å². The topological polar surface area (TPSA) is 32.3 Å². The molecule has 0 spiro atoms. The maximum Gasteiger partial charge on any atom is 0.151 e. The lowest BCUT2D eigenvalue weighted by atomic mass is 10.1. The Hall–Kier alpha value is -1.94. The van der Waals surface area contributed by atoms with Crippen LogP contribution in [0.1, 0.15) is 11.3 Å². The zero-order chi connectivity index (χ0) is 14.5. The van der Waals surface area contributed by atoms with E-state index in [0.29, 0.717) is 0 Å². The number of piperazine rings is 1. The third kappa shape index (κ3) is 3.79. The van der Waals surface area contributed by atoms with E-state index in [9.17, 15) is 0 Å². The smallest absolute Gasteiger partial charge is 0.151 e. The first-order valence-corrected chi connectivity index (χ1v) is 7.63. The summed E-state index contributed by atoms with van der Waals surface area (Å²) in [5.74, 6) is 1.00. The molecule has 2 heterocycles. The van der Waals surface area contributed by atoms with E-state index in [1.54, 1.807) is 0 Å². The molecule has 0 amide bonds. The largest absolute Gasteiger partial charge is 0.353 e. The van der Waals surface area contributed by atoms with Crippen LogP contribution in [-0.2, 0) is 6.42 Å². The van der Waals surface area contributed by atoms with Crippen molar-refractivity contribution in [2.24, 2.45) is 0 Å². The Bertz CT molecular complexity index is 545. The zero-order valence-corrected chi connectivity index (χ0v) is 12.6. The van der Waals surface area contributed by atoms with Gasteiger partial charge in [0.05, 0.1) is 5.69 Å². The molecule has 1 fully saturated rings. The molecule has 0 saturated carbocycles. The summed E-state index contributed by atoms with van der Waals surface area (Å²) in [6.45, 7) is 7.37. The highest BCUT2D eigenvalue weighted by molar-refractivity contribution is 5.37. The van der Waals surface area contributed by atoms with Gasteiger partial charge < -0.3 is 4.90 Å². The molecule has 3 rings (SSSR count). The van der Waals surface area contributed by atoms with E-state index in [1.807, 2.05) is 13.0 Å². The SMILES string of the molecule is Cc1ccc(N2CCN(CCc3ccccc3)CC2)nn1. The van der Waals surface area contributed by atoms with Gasteiger partial charge in [-0.2, -0.15) is 5.10 Å². The standard InChI is InChI=1S/C17H22N4/c1-15-7-8-17(19-18-15)21-13-11-20(12-14-21)10-9-16-5-3-2-4-6-16/h2-8H,9-14H2,1H3. The van der Waals surface area contributed by atoms with Crippen molar-refractivity contribution in [2.45, 2.75) is 13.3 Å². The zero-order valence-electron chi connectivity index (χ0n) is 12.6. The second-order valence-corrected chi connectivity index (χ2v) is 5.60. The first-order chi connectivity index (χ1) is 10.3. The van der Waals surface area contributed by atoms with Gasteiger partial charge in [0.1, 0.15) is 0 Å². The Balaban J connectivity index is 1.48. The van der Waals surface area contributed by atoms with Gasteiger partial charge in [0.25, 0.3) is 0 Å². The number of rotatable bonds is 4. The average Bonchev–Trinajstić information content (AvgIpc) is 2.55. The van der Waals surface area contributed by atoms with Gasteiger partial charge in [-0.3, -0.25) is 4.90 Å². The minimum absolute atomic E-state index is 0.972. The van der Waals surface area contributed by atoms with Crippen LogP contribution in [0.4, 0.5) is 5.82 Å². The number of anilines is 1. The van der Waals surface area contributed by atoms with Gasteiger partial charge in [0.15, 0.2) is 5.82 Å². The molecule has 110 valence electrons. The van der Waals surface area contributed by atoms with E-state index in [0.717, 1.165) is 50.7 Å². The van der Waals surface area contributed by atoms with Crippen molar-refractivity contribution in [3.05, 3.63) is 53.7 Å². The summed E-state index contributed by atoms with van der Waals surface area (Å²) in [5, 5.41) is 8.42. The van der Waals surface area contributed by atoms with E-state index in [4.69, 9.17) is 0 Å². The van der Waals surface area contributed by atoms with Crippen LogP contribution < -0.4 is 4.90 Å². The van der Waals surface area contributed by atoms with Crippen molar-refractivity contribution in [3.8, 4) is 0 Å². The normalized spacial score (nSPS) is 16.1. The molecule has 0 radical (unpaired) electrons. The summed E-state index contributed by atoms with van der Waals surface area (Å²) in [5.41, 5.74) is 2.39. The fourth-order valence-electron chi connectivity index (χ4n) is 2.69. The van der Waals surface area contributed by atoms with Crippen molar-refractivity contribution >= 4 is 5.82 Å². The maximum absolute atomic E-state index is 4.28. The van der Waals surface area contributed by atoms with Gasteiger partial charge in [0, 0.05) is 32.7 Å². The predicted molar refractivity (Wildman–Crippen MR) is 85.6 cm³/mol. The highest BCUT2D eigenvalue weighted by Gasteiger charge is 2.17. The summed E-state index contributed by atoms with van der Waals surface area (Å²) in [6.07, 6.45) is 1.13. The highest BCUT2D eigenvalue weighted by atomic mass is 15.3. The van der Waals surface area contributed by atoms with Crippen LogP contribution in [0.5, 0.6) is 0 Å². The average molecular weight is 282 g/mol. The summed E-state index contributed by atoms with van der Waals surface area (Å²) in [6, 6.07) is 14.8. The van der Waals surface area contributed by atoms with E-state index in [1.165, 1.54) is 5.56 Å². The van der Waals surface area contributed by atoms with Crippen molar-refractivity contribution in [1.82, 2.24) is 15.1 Å². The molecule has 1 aliphatic rings. The van der Waals surface area contributed by atoms with Gasteiger partial charge in [-0.1, -0.05) is 30.3 Å². The monoisotopic (exact) mass is 282 g/mol. The third-order valence-corrected chi connectivity index (χ3v) is 4.04. The second kappa shape index (κ2) is 6.68. The van der Waals surface area contributed by atoms with Crippen LogP contribution >= 0.6 is 0 Å². The van der Waals surface area contributed by atoms with Gasteiger partial charge in [-0.05, 0) is 31.0 Å². The molecular formula is C17H22N4. The van der Waals surface area contributed by atoms with Gasteiger partial charge in [-0.25, -0.2) is 0 Å². The fraction of sp³-hybridized carbons (Fsp3) is 0.412. The number of nitrogens with zero attached hydrogens (tertiary/aromatic N) is 4. The number of hydrogen-bond donors (Lipinski definition) is 0. The Morgan fingerprint density at radius 3 is 2.33 bits per heavy atom. The molecule has 21 heavy (non-hydrogen) atoms. The van der Waals surface area contributed by atoms with E-state index < -0.39 is 0 Å². The Labute approximate surface area is 126 Å². The molecule has 0 atom stereocenters. The minimum Gasteiger partial charge on any atom is -0.353 e. The highest BCUT2D eigenvalue weighted by Crippen LogP contribution is 2.13. The summed E-state index contributed by atoms with van der Waals surface area (Å²) in [7, 11) is 0. The molecule has 4 heteroatoms. The first-order valence-electron chi connectivity index (χ1n) is 7.63. The van der Waals surface area contributed by atoms with Crippen molar-refractivity contribution in [3.63, 3.8) is 0 Å². The molecule has 1 aromatic carbocycles. The van der Waals surface area contributed by atoms with E-state index >= 15 is 0 Å². The van der Waals surface area contributed by atoms with Gasteiger partial charge >= 0.3 is 0 Å². The number of aromatic nitrogens is 2. The lowest BCUT2D eigenvalue weighted by molar-refractivity contribution is 0.260. The first kappa shape index (κ1) is 14.0. The van der Waals surface area contributed by atoms with Crippen LogP contribution in [0.3, 0.4) is 0 Å². The molecule has 1 aromatic heterocycles. The van der Waals surface area contributed by atoms with Crippen LogP contribution in [0.25, 0.3) is 0 Å². The van der Waals surface area contributed by atoms with E-state index in [2.05, 4.69) is 56.4 Å². The second-order valence-electron chi connectivity index (χ2n) is 5.60. The Kier molecular flexibility index (Phi) is 4.46. The molecule has 0 aliphatic carbocycles. The molecule has 0 bridgehead atoms. The molecule has 0 unspecified atom stereocenters. The van der Waals surface area contributed by atoms with Crippen LogP contribution in [0.15, 0.2) is 42.5 Å². The fourth-order valence-corrected chi connectivity index (χ4v) is 2.69. The summed E-state index contributed by atoms with van der Waals surface area (Å²) >= 11 is 0. The molecular weight excluding hydrogens is 260 g/mol. The maximum atomic E-state index is 4.28. The number of aryl methyl sites for hydroxylation is 1. The predicted octanol–water partition coefficient (Wildman–Crippen LogP) is 2.15. The number of benzene rings is 1. The lowest BCUT2D eigenvalue weighted by Gasteiger charge is -2.35. The Morgan fingerprint density at radius 1 is 0.905 bits per heavy atom. The van der Waals surface area contributed by atoms with Gasteiger partial charge in [-0.15, -0.1) is 5.10 Å².